The first kappa shape index (κ1) is 20.5. The SMILES string of the molecule is CCOc1ccccc1CN(C)C(=O)C=Cc1cnc2c(c1)CN(C)CC(=O)N2. The molecule has 0 atom stereocenters. The number of benzene rings is 1. The summed E-state index contributed by atoms with van der Waals surface area (Å²) in [6.07, 6.45) is 4.93. The van der Waals surface area contributed by atoms with E-state index in [0.29, 0.717) is 32.1 Å². The molecule has 0 saturated heterocycles. The van der Waals surface area contributed by atoms with E-state index in [-0.39, 0.29) is 11.8 Å². The molecule has 152 valence electrons. The molecule has 1 aromatic heterocycles. The van der Waals surface area contributed by atoms with Crippen molar-refractivity contribution in [2.75, 3.05) is 32.6 Å². The van der Waals surface area contributed by atoms with Gasteiger partial charge in [0.25, 0.3) is 0 Å². The van der Waals surface area contributed by atoms with Crippen LogP contribution in [0.25, 0.3) is 6.08 Å². The highest BCUT2D eigenvalue weighted by molar-refractivity contribution is 5.93. The zero-order valence-electron chi connectivity index (χ0n) is 17.0. The smallest absolute Gasteiger partial charge is 0.246 e. The third-order valence-electron chi connectivity index (χ3n) is 4.57. The van der Waals surface area contributed by atoms with Crippen LogP contribution in [0.5, 0.6) is 5.75 Å². The summed E-state index contributed by atoms with van der Waals surface area (Å²) in [5, 5.41) is 2.80. The van der Waals surface area contributed by atoms with Crippen LogP contribution in [0, 0.1) is 0 Å². The predicted octanol–water partition coefficient (Wildman–Crippen LogP) is 2.54. The topological polar surface area (TPSA) is 74.8 Å². The van der Waals surface area contributed by atoms with Gasteiger partial charge in [-0.05, 0) is 37.7 Å². The molecule has 0 aliphatic carbocycles. The lowest BCUT2D eigenvalue weighted by Gasteiger charge is -2.17. The largest absolute Gasteiger partial charge is 0.494 e. The maximum Gasteiger partial charge on any atom is 0.246 e. The molecule has 0 spiro atoms. The minimum Gasteiger partial charge on any atom is -0.494 e. The Morgan fingerprint density at radius 3 is 2.93 bits per heavy atom. The van der Waals surface area contributed by atoms with Crippen LogP contribution in [-0.4, -0.2) is 53.8 Å². The van der Waals surface area contributed by atoms with Crippen LogP contribution in [0.1, 0.15) is 23.6 Å². The second kappa shape index (κ2) is 9.34. The zero-order valence-corrected chi connectivity index (χ0v) is 17.0. The van der Waals surface area contributed by atoms with Gasteiger partial charge in [-0.25, -0.2) is 4.98 Å². The van der Waals surface area contributed by atoms with Gasteiger partial charge in [-0.2, -0.15) is 0 Å². The third kappa shape index (κ3) is 5.42. The molecule has 0 unspecified atom stereocenters. The number of likely N-dealkylation sites (N-methyl/N-ethyl adjacent to an activating group) is 2. The van der Waals surface area contributed by atoms with Crippen molar-refractivity contribution in [3.05, 3.63) is 59.3 Å². The Morgan fingerprint density at radius 1 is 1.34 bits per heavy atom. The van der Waals surface area contributed by atoms with Crippen molar-refractivity contribution >= 4 is 23.7 Å². The molecule has 0 bridgehead atoms. The molecule has 2 aromatic rings. The first-order valence-corrected chi connectivity index (χ1v) is 9.57. The van der Waals surface area contributed by atoms with E-state index in [2.05, 4.69) is 10.3 Å². The highest BCUT2D eigenvalue weighted by Crippen LogP contribution is 2.21. The van der Waals surface area contributed by atoms with E-state index in [1.807, 2.05) is 49.2 Å². The van der Waals surface area contributed by atoms with Crippen LogP contribution in [0.15, 0.2) is 42.6 Å². The monoisotopic (exact) mass is 394 g/mol. The predicted molar refractivity (Wildman–Crippen MR) is 112 cm³/mol. The number of ether oxygens (including phenoxy) is 1. The first-order chi connectivity index (χ1) is 14.0. The summed E-state index contributed by atoms with van der Waals surface area (Å²) < 4.78 is 5.63. The van der Waals surface area contributed by atoms with Gasteiger partial charge in [0.2, 0.25) is 11.8 Å². The number of nitrogens with zero attached hydrogens (tertiary/aromatic N) is 3. The van der Waals surface area contributed by atoms with Gasteiger partial charge in [0, 0.05) is 43.5 Å². The highest BCUT2D eigenvalue weighted by atomic mass is 16.5. The number of fused-ring (bicyclic) bond motifs is 1. The van der Waals surface area contributed by atoms with Crippen molar-refractivity contribution in [1.29, 1.82) is 0 Å². The van der Waals surface area contributed by atoms with Crippen LogP contribution < -0.4 is 10.1 Å². The third-order valence-corrected chi connectivity index (χ3v) is 4.57. The van der Waals surface area contributed by atoms with Crippen molar-refractivity contribution in [3.63, 3.8) is 0 Å². The normalized spacial score (nSPS) is 14.2. The van der Waals surface area contributed by atoms with E-state index in [4.69, 9.17) is 4.74 Å². The van der Waals surface area contributed by atoms with Gasteiger partial charge in [-0.1, -0.05) is 18.2 Å². The fraction of sp³-hybridized carbons (Fsp3) is 0.318. The summed E-state index contributed by atoms with van der Waals surface area (Å²) in [6.45, 7) is 3.92. The molecule has 0 radical (unpaired) electrons. The van der Waals surface area contributed by atoms with Crippen molar-refractivity contribution in [1.82, 2.24) is 14.8 Å². The summed E-state index contributed by atoms with van der Waals surface area (Å²) >= 11 is 0. The quantitative estimate of drug-likeness (QED) is 0.762. The molecule has 1 aromatic carbocycles. The van der Waals surface area contributed by atoms with Crippen LogP contribution in [0.2, 0.25) is 0 Å². The fourth-order valence-electron chi connectivity index (χ4n) is 3.18. The number of hydrogen-bond donors (Lipinski definition) is 1. The number of rotatable bonds is 6. The van der Waals surface area contributed by atoms with E-state index in [1.165, 1.54) is 6.08 Å². The molecule has 1 aliphatic heterocycles. The van der Waals surface area contributed by atoms with Crippen LogP contribution >= 0.6 is 0 Å². The van der Waals surface area contributed by atoms with E-state index in [0.717, 1.165) is 22.4 Å². The Bertz CT molecular complexity index is 926. The van der Waals surface area contributed by atoms with Gasteiger partial charge in [0.05, 0.1) is 13.2 Å². The summed E-state index contributed by atoms with van der Waals surface area (Å²) in [4.78, 5) is 32.2. The van der Waals surface area contributed by atoms with Crippen molar-refractivity contribution in [2.45, 2.75) is 20.0 Å². The Hall–Kier alpha value is -3.19. The maximum absolute atomic E-state index is 12.5. The van der Waals surface area contributed by atoms with Gasteiger partial charge >= 0.3 is 0 Å². The lowest BCUT2D eigenvalue weighted by atomic mass is 10.1. The van der Waals surface area contributed by atoms with Crippen LogP contribution in [0.4, 0.5) is 5.82 Å². The number of amides is 2. The molecule has 1 N–H and O–H groups in total. The molecule has 29 heavy (non-hydrogen) atoms. The minimum atomic E-state index is -0.114. The molecule has 1 aliphatic rings. The average Bonchev–Trinajstić information content (AvgIpc) is 2.83. The van der Waals surface area contributed by atoms with Crippen molar-refractivity contribution < 1.29 is 14.3 Å². The van der Waals surface area contributed by atoms with Gasteiger partial charge in [0.15, 0.2) is 0 Å². The summed E-state index contributed by atoms with van der Waals surface area (Å²) in [7, 11) is 3.64. The maximum atomic E-state index is 12.5. The number of aromatic nitrogens is 1. The Morgan fingerprint density at radius 2 is 2.14 bits per heavy atom. The summed E-state index contributed by atoms with van der Waals surface area (Å²) in [5.74, 6) is 1.18. The van der Waals surface area contributed by atoms with E-state index < -0.39 is 0 Å². The van der Waals surface area contributed by atoms with Gasteiger partial charge in [-0.3, -0.25) is 14.5 Å². The molecule has 3 rings (SSSR count). The summed E-state index contributed by atoms with van der Waals surface area (Å²) in [6, 6.07) is 9.66. The Labute approximate surface area is 171 Å². The standard InChI is InChI=1S/C22H26N4O3/c1-4-29-19-8-6-5-7-17(19)14-26(3)21(28)10-9-16-11-18-13-25(2)15-20(27)24-22(18)23-12-16/h5-12H,4,13-15H2,1-3H3,(H,23,24,27). The van der Waals surface area contributed by atoms with Gasteiger partial charge in [0.1, 0.15) is 11.6 Å². The lowest BCUT2D eigenvalue weighted by Crippen LogP contribution is -2.26. The van der Waals surface area contributed by atoms with Crippen LogP contribution in [0.3, 0.4) is 0 Å². The molecule has 0 saturated carbocycles. The highest BCUT2D eigenvalue weighted by Gasteiger charge is 2.17. The summed E-state index contributed by atoms with van der Waals surface area (Å²) in [5.41, 5.74) is 2.70. The van der Waals surface area contributed by atoms with E-state index in [1.54, 1.807) is 24.2 Å². The van der Waals surface area contributed by atoms with E-state index in [9.17, 15) is 9.59 Å². The molecular weight excluding hydrogens is 368 g/mol. The lowest BCUT2D eigenvalue weighted by molar-refractivity contribution is -0.125. The Kier molecular flexibility index (Phi) is 6.61. The van der Waals surface area contributed by atoms with E-state index >= 15 is 0 Å². The first-order valence-electron chi connectivity index (χ1n) is 9.57. The molecular formula is C22H26N4O3. The number of nitrogens with one attached hydrogen (secondary N) is 1. The molecule has 0 fully saturated rings. The van der Waals surface area contributed by atoms with Gasteiger partial charge in [-0.15, -0.1) is 0 Å². The molecule has 7 nitrogen and oxygen atoms in total. The van der Waals surface area contributed by atoms with Crippen LogP contribution in [-0.2, 0) is 22.7 Å². The number of hydrogen-bond acceptors (Lipinski definition) is 5. The molecule has 2 amide bonds. The number of carbonyl (C=O) groups excluding carboxylic acids is 2. The fourth-order valence-corrected chi connectivity index (χ4v) is 3.18. The van der Waals surface area contributed by atoms with Gasteiger partial charge < -0.3 is 15.0 Å². The Balaban J connectivity index is 1.68. The minimum absolute atomic E-state index is 0.0776. The number of carbonyl (C=O) groups is 2. The molecule has 7 heteroatoms. The second-order valence-corrected chi connectivity index (χ2v) is 7.07. The number of pyridine rings is 1. The van der Waals surface area contributed by atoms with Crippen molar-refractivity contribution in [3.8, 4) is 5.75 Å². The number of para-hydroxylation sites is 1. The second-order valence-electron chi connectivity index (χ2n) is 7.07. The number of anilines is 1. The average molecular weight is 394 g/mol. The van der Waals surface area contributed by atoms with Crippen molar-refractivity contribution in [2.24, 2.45) is 0 Å². The molecule has 2 heterocycles. The zero-order chi connectivity index (χ0) is 20.8.